The largest absolute Gasteiger partial charge is 0.337 e. The first kappa shape index (κ1) is 19.1. The average Bonchev–Trinajstić information content (AvgIpc) is 3.02. The third-order valence-corrected chi connectivity index (χ3v) is 7.09. The smallest absolute Gasteiger partial charge is 0.262 e. The first-order chi connectivity index (χ1) is 12.1. The van der Waals surface area contributed by atoms with Crippen LogP contribution in [0.1, 0.15) is 34.1 Å². The van der Waals surface area contributed by atoms with E-state index in [-0.39, 0.29) is 32.7 Å². The van der Waals surface area contributed by atoms with Crippen LogP contribution in [0.15, 0.2) is 12.1 Å². The molecule has 10 heteroatoms. The normalized spacial score (nSPS) is 21.2. The summed E-state index contributed by atoms with van der Waals surface area (Å²) >= 11 is 11.8. The molecular weight excluding hydrogens is 403 g/mol. The molecule has 2 aliphatic heterocycles. The Bertz CT molecular complexity index is 874. The van der Waals surface area contributed by atoms with Crippen LogP contribution in [0.25, 0.3) is 0 Å². The summed E-state index contributed by atoms with van der Waals surface area (Å²) in [6.45, 7) is 1.57. The Morgan fingerprint density at radius 2 is 1.73 bits per heavy atom. The predicted molar refractivity (Wildman–Crippen MR) is 96.3 cm³/mol. The molecule has 0 radical (unpaired) electrons. The number of nitrogens with zero attached hydrogens (tertiary/aromatic N) is 2. The molecule has 2 aliphatic rings. The van der Waals surface area contributed by atoms with E-state index in [4.69, 9.17) is 23.2 Å². The molecule has 1 aromatic rings. The summed E-state index contributed by atoms with van der Waals surface area (Å²) in [6.07, 6.45) is 0.356. The second-order valence-electron chi connectivity index (χ2n) is 6.24. The SMILES string of the molecule is CCN(C(=O)CN1C(=O)c2cc(Cl)c(Cl)cc2C1=O)[C@@H]1CCS(=O)(=O)C1. The monoisotopic (exact) mass is 418 g/mol. The Hall–Kier alpha value is -1.64. The number of fused-ring (bicyclic) bond motifs is 1. The van der Waals surface area contributed by atoms with Crippen molar-refractivity contribution in [3.05, 3.63) is 33.3 Å². The fourth-order valence-electron chi connectivity index (χ4n) is 3.31. The number of rotatable bonds is 4. The molecule has 3 rings (SSSR count). The zero-order valence-corrected chi connectivity index (χ0v) is 16.2. The first-order valence-corrected chi connectivity index (χ1v) is 10.6. The van der Waals surface area contributed by atoms with Crippen LogP contribution >= 0.6 is 23.2 Å². The van der Waals surface area contributed by atoms with Gasteiger partial charge in [0.05, 0.1) is 32.7 Å². The van der Waals surface area contributed by atoms with Gasteiger partial charge in [-0.1, -0.05) is 23.2 Å². The average molecular weight is 419 g/mol. The summed E-state index contributed by atoms with van der Waals surface area (Å²) in [5, 5.41) is 0.289. The van der Waals surface area contributed by atoms with Gasteiger partial charge in [0.2, 0.25) is 5.91 Å². The van der Waals surface area contributed by atoms with E-state index in [0.717, 1.165) is 4.90 Å². The third-order valence-electron chi connectivity index (χ3n) is 4.62. The van der Waals surface area contributed by atoms with Gasteiger partial charge in [-0.2, -0.15) is 0 Å². The zero-order valence-electron chi connectivity index (χ0n) is 13.9. The molecule has 1 atom stereocenters. The number of carbonyl (C=O) groups is 3. The Labute approximate surface area is 160 Å². The van der Waals surface area contributed by atoms with Gasteiger partial charge in [0, 0.05) is 12.6 Å². The highest BCUT2D eigenvalue weighted by Gasteiger charge is 2.40. The van der Waals surface area contributed by atoms with E-state index in [9.17, 15) is 22.8 Å². The molecule has 7 nitrogen and oxygen atoms in total. The standard InChI is InChI=1S/C16H16Cl2N2O5S/c1-2-19(9-3-4-26(24,25)8-9)14(21)7-20-15(22)10-5-12(17)13(18)6-11(10)16(20)23/h5-6,9H,2-4,7-8H2,1H3/t9-/m1/s1. The fourth-order valence-corrected chi connectivity index (χ4v) is 5.37. The second kappa shape index (κ2) is 6.83. The topological polar surface area (TPSA) is 91.8 Å². The molecule has 0 aliphatic carbocycles. The lowest BCUT2D eigenvalue weighted by Crippen LogP contribution is -2.47. The van der Waals surface area contributed by atoms with E-state index in [2.05, 4.69) is 0 Å². The summed E-state index contributed by atoms with van der Waals surface area (Å²) < 4.78 is 23.3. The number of imide groups is 1. The summed E-state index contributed by atoms with van der Waals surface area (Å²) in [5.74, 6) is -1.77. The molecule has 140 valence electrons. The molecule has 0 unspecified atom stereocenters. The van der Waals surface area contributed by atoms with Gasteiger partial charge in [-0.25, -0.2) is 8.42 Å². The second-order valence-corrected chi connectivity index (χ2v) is 9.29. The van der Waals surface area contributed by atoms with Gasteiger partial charge in [0.1, 0.15) is 6.54 Å². The van der Waals surface area contributed by atoms with Crippen molar-refractivity contribution in [1.82, 2.24) is 9.80 Å². The number of hydrogen-bond donors (Lipinski definition) is 0. The molecule has 0 bridgehead atoms. The number of hydrogen-bond acceptors (Lipinski definition) is 5. The number of amides is 3. The summed E-state index contributed by atoms with van der Waals surface area (Å²) in [6, 6.07) is 2.19. The van der Waals surface area contributed by atoms with Crippen molar-refractivity contribution < 1.29 is 22.8 Å². The maximum atomic E-state index is 12.6. The lowest BCUT2D eigenvalue weighted by molar-refractivity contribution is -0.133. The Kier molecular flexibility index (Phi) is 5.02. The van der Waals surface area contributed by atoms with Gasteiger partial charge in [-0.15, -0.1) is 0 Å². The molecule has 26 heavy (non-hydrogen) atoms. The first-order valence-electron chi connectivity index (χ1n) is 7.99. The van der Waals surface area contributed by atoms with Crippen molar-refractivity contribution in [3.63, 3.8) is 0 Å². The zero-order chi connectivity index (χ0) is 19.2. The van der Waals surface area contributed by atoms with Crippen LogP contribution in [0.3, 0.4) is 0 Å². The highest BCUT2D eigenvalue weighted by molar-refractivity contribution is 7.91. The van der Waals surface area contributed by atoms with E-state index in [1.165, 1.54) is 17.0 Å². The molecule has 1 fully saturated rings. The quantitative estimate of drug-likeness (QED) is 0.692. The van der Waals surface area contributed by atoms with E-state index >= 15 is 0 Å². The minimum Gasteiger partial charge on any atom is -0.337 e. The Balaban J connectivity index is 1.79. The third kappa shape index (κ3) is 3.33. The van der Waals surface area contributed by atoms with Crippen LogP contribution < -0.4 is 0 Å². The summed E-state index contributed by atoms with van der Waals surface area (Å²) in [5.41, 5.74) is 0.201. The minimum absolute atomic E-state index is 0.0332. The van der Waals surface area contributed by atoms with Crippen LogP contribution in [0, 0.1) is 0 Å². The molecule has 3 amide bonds. The highest BCUT2D eigenvalue weighted by Crippen LogP contribution is 2.31. The summed E-state index contributed by atoms with van der Waals surface area (Å²) in [7, 11) is -3.16. The lowest BCUT2D eigenvalue weighted by atomic mass is 10.1. The molecule has 1 aromatic carbocycles. The van der Waals surface area contributed by atoms with Crippen LogP contribution in [0.5, 0.6) is 0 Å². The Morgan fingerprint density at radius 3 is 2.15 bits per heavy atom. The van der Waals surface area contributed by atoms with Crippen molar-refractivity contribution in [2.45, 2.75) is 19.4 Å². The van der Waals surface area contributed by atoms with Gasteiger partial charge < -0.3 is 4.90 Å². The molecule has 0 aromatic heterocycles. The molecule has 2 heterocycles. The highest BCUT2D eigenvalue weighted by atomic mass is 35.5. The van der Waals surface area contributed by atoms with Crippen LogP contribution in [0.4, 0.5) is 0 Å². The van der Waals surface area contributed by atoms with E-state index in [1.54, 1.807) is 6.92 Å². The number of likely N-dealkylation sites (N-methyl/N-ethyl adjacent to an activating group) is 1. The molecule has 1 saturated heterocycles. The lowest BCUT2D eigenvalue weighted by Gasteiger charge is -2.28. The van der Waals surface area contributed by atoms with Gasteiger partial charge in [0.25, 0.3) is 11.8 Å². The van der Waals surface area contributed by atoms with Crippen molar-refractivity contribution in [2.75, 3.05) is 24.6 Å². The van der Waals surface area contributed by atoms with E-state index in [1.807, 2.05) is 0 Å². The summed E-state index contributed by atoms with van der Waals surface area (Å²) in [4.78, 5) is 39.8. The predicted octanol–water partition coefficient (Wildman–Crippen LogP) is 1.63. The number of sulfone groups is 1. The van der Waals surface area contributed by atoms with Crippen molar-refractivity contribution >= 4 is 50.8 Å². The Morgan fingerprint density at radius 1 is 1.19 bits per heavy atom. The van der Waals surface area contributed by atoms with Crippen molar-refractivity contribution in [3.8, 4) is 0 Å². The number of benzene rings is 1. The van der Waals surface area contributed by atoms with Gasteiger partial charge in [0.15, 0.2) is 9.84 Å². The van der Waals surface area contributed by atoms with E-state index < -0.39 is 40.1 Å². The molecule has 0 saturated carbocycles. The van der Waals surface area contributed by atoms with Gasteiger partial charge >= 0.3 is 0 Å². The van der Waals surface area contributed by atoms with Crippen LogP contribution in [-0.4, -0.2) is 66.6 Å². The van der Waals surface area contributed by atoms with Crippen molar-refractivity contribution in [1.29, 1.82) is 0 Å². The van der Waals surface area contributed by atoms with Crippen LogP contribution in [0.2, 0.25) is 10.0 Å². The minimum atomic E-state index is -3.16. The van der Waals surface area contributed by atoms with Crippen LogP contribution in [-0.2, 0) is 14.6 Å². The van der Waals surface area contributed by atoms with Gasteiger partial charge in [-0.3, -0.25) is 19.3 Å². The van der Waals surface area contributed by atoms with Crippen molar-refractivity contribution in [2.24, 2.45) is 0 Å². The number of carbonyl (C=O) groups excluding carboxylic acids is 3. The molecule has 0 N–H and O–H groups in total. The fraction of sp³-hybridized carbons (Fsp3) is 0.438. The van der Waals surface area contributed by atoms with Gasteiger partial charge in [-0.05, 0) is 25.5 Å². The van der Waals surface area contributed by atoms with E-state index in [0.29, 0.717) is 13.0 Å². The molecule has 0 spiro atoms. The maximum absolute atomic E-state index is 12.6. The maximum Gasteiger partial charge on any atom is 0.262 e. The molecular formula is C16H16Cl2N2O5S. The number of halogens is 2.